The fraction of sp³-hybridized carbons (Fsp3) is 0.429. The van der Waals surface area contributed by atoms with E-state index in [1.807, 2.05) is 18.2 Å². The third-order valence-corrected chi connectivity index (χ3v) is 2.66. The molecule has 0 unspecified atom stereocenters. The predicted molar refractivity (Wildman–Crippen MR) is 65.2 cm³/mol. The van der Waals surface area contributed by atoms with Gasteiger partial charge in [0.05, 0.1) is 19.3 Å². The molecule has 0 bridgehead atoms. The second-order valence-electron chi connectivity index (χ2n) is 4.08. The van der Waals surface area contributed by atoms with Crippen LogP contribution in [0.15, 0.2) is 18.2 Å². The number of benzene rings is 1. The highest BCUT2D eigenvalue weighted by atomic mass is 16.5. The minimum atomic E-state index is -0.153. The van der Waals surface area contributed by atoms with Gasteiger partial charge in [-0.15, -0.1) is 0 Å². The Morgan fingerprint density at radius 1 is 1.41 bits per heavy atom. The summed E-state index contributed by atoms with van der Waals surface area (Å²) >= 11 is 0. The maximum Gasteiger partial charge on any atom is 0.135 e. The van der Waals surface area contributed by atoms with Crippen molar-refractivity contribution in [2.45, 2.75) is 12.8 Å². The smallest absolute Gasteiger partial charge is 0.135 e. The van der Waals surface area contributed by atoms with E-state index < -0.39 is 0 Å². The fourth-order valence-corrected chi connectivity index (χ4v) is 1.49. The standard InChI is InChI=1S/C14H16O3/c1-16-13-6-7-14(17-10-11-4-5-11)12(9-13)3-2-8-15/h6-7,9,11,15H,4-5,8,10H2,1H3. The Hall–Kier alpha value is -1.66. The average Bonchev–Trinajstić information content (AvgIpc) is 3.18. The van der Waals surface area contributed by atoms with Crippen LogP contribution >= 0.6 is 0 Å². The molecule has 0 spiro atoms. The van der Waals surface area contributed by atoms with Crippen LogP contribution in [0.4, 0.5) is 0 Å². The van der Waals surface area contributed by atoms with E-state index in [0.717, 1.165) is 23.7 Å². The van der Waals surface area contributed by atoms with Gasteiger partial charge < -0.3 is 14.6 Å². The van der Waals surface area contributed by atoms with Gasteiger partial charge >= 0.3 is 0 Å². The van der Waals surface area contributed by atoms with E-state index in [9.17, 15) is 0 Å². The first kappa shape index (κ1) is 11.8. The number of aliphatic hydroxyl groups is 1. The molecule has 1 fully saturated rings. The molecule has 0 saturated heterocycles. The van der Waals surface area contributed by atoms with E-state index in [4.69, 9.17) is 14.6 Å². The lowest BCUT2D eigenvalue weighted by Gasteiger charge is -2.09. The van der Waals surface area contributed by atoms with Crippen LogP contribution in [0, 0.1) is 17.8 Å². The Balaban J connectivity index is 2.15. The van der Waals surface area contributed by atoms with Crippen molar-refractivity contribution in [3.05, 3.63) is 23.8 Å². The first-order chi connectivity index (χ1) is 8.33. The Kier molecular flexibility index (Phi) is 3.89. The zero-order valence-corrected chi connectivity index (χ0v) is 9.90. The summed E-state index contributed by atoms with van der Waals surface area (Å²) in [5.74, 6) is 7.72. The van der Waals surface area contributed by atoms with Gasteiger partial charge in [-0.2, -0.15) is 0 Å². The van der Waals surface area contributed by atoms with Crippen molar-refractivity contribution in [2.24, 2.45) is 5.92 Å². The summed E-state index contributed by atoms with van der Waals surface area (Å²) in [5.41, 5.74) is 0.763. The Labute approximate surface area is 101 Å². The lowest BCUT2D eigenvalue weighted by Crippen LogP contribution is -2.01. The summed E-state index contributed by atoms with van der Waals surface area (Å²) in [6.07, 6.45) is 2.52. The molecule has 1 aromatic carbocycles. The predicted octanol–water partition coefficient (Wildman–Crippen LogP) is 1.83. The second-order valence-corrected chi connectivity index (χ2v) is 4.08. The van der Waals surface area contributed by atoms with Crippen molar-refractivity contribution in [3.8, 4) is 23.3 Å². The lowest BCUT2D eigenvalue weighted by atomic mass is 10.2. The average molecular weight is 232 g/mol. The van der Waals surface area contributed by atoms with Crippen molar-refractivity contribution in [1.29, 1.82) is 0 Å². The van der Waals surface area contributed by atoms with Crippen molar-refractivity contribution < 1.29 is 14.6 Å². The van der Waals surface area contributed by atoms with Gasteiger partial charge in [-0.1, -0.05) is 11.8 Å². The highest BCUT2D eigenvalue weighted by Crippen LogP contribution is 2.31. The van der Waals surface area contributed by atoms with Crippen LogP contribution in [-0.2, 0) is 0 Å². The van der Waals surface area contributed by atoms with Gasteiger partial charge in [0.2, 0.25) is 0 Å². The van der Waals surface area contributed by atoms with E-state index in [0.29, 0.717) is 5.92 Å². The van der Waals surface area contributed by atoms with Crippen LogP contribution in [0.3, 0.4) is 0 Å². The quantitative estimate of drug-likeness (QED) is 0.805. The molecule has 0 amide bonds. The lowest BCUT2D eigenvalue weighted by molar-refractivity contribution is 0.298. The Morgan fingerprint density at radius 3 is 2.88 bits per heavy atom. The second kappa shape index (κ2) is 5.60. The number of hydrogen-bond acceptors (Lipinski definition) is 3. The molecule has 0 aliphatic heterocycles. The van der Waals surface area contributed by atoms with Crippen LogP contribution in [0.25, 0.3) is 0 Å². The number of aliphatic hydroxyl groups excluding tert-OH is 1. The molecule has 0 aromatic heterocycles. The van der Waals surface area contributed by atoms with Crippen LogP contribution in [-0.4, -0.2) is 25.4 Å². The minimum absolute atomic E-state index is 0.153. The summed E-state index contributed by atoms with van der Waals surface area (Å²) in [5, 5.41) is 8.73. The third kappa shape index (κ3) is 3.40. The van der Waals surface area contributed by atoms with Gasteiger partial charge in [0.1, 0.15) is 18.1 Å². The van der Waals surface area contributed by atoms with Crippen molar-refractivity contribution in [3.63, 3.8) is 0 Å². The van der Waals surface area contributed by atoms with Gasteiger partial charge in [-0.3, -0.25) is 0 Å². The SMILES string of the molecule is COc1ccc(OCC2CC2)c(C#CCO)c1. The molecule has 0 atom stereocenters. The molecule has 1 aliphatic carbocycles. The summed E-state index contributed by atoms with van der Waals surface area (Å²) in [7, 11) is 1.61. The zero-order valence-electron chi connectivity index (χ0n) is 9.90. The molecule has 2 rings (SSSR count). The van der Waals surface area contributed by atoms with Crippen LogP contribution < -0.4 is 9.47 Å². The number of ether oxygens (including phenoxy) is 2. The largest absolute Gasteiger partial charge is 0.497 e. The maximum atomic E-state index is 8.73. The summed E-state index contributed by atoms with van der Waals surface area (Å²) in [6.45, 7) is 0.597. The van der Waals surface area contributed by atoms with E-state index in [1.165, 1.54) is 12.8 Å². The molecule has 1 saturated carbocycles. The van der Waals surface area contributed by atoms with Gasteiger partial charge in [0, 0.05) is 0 Å². The Bertz CT molecular complexity index is 439. The number of methoxy groups -OCH3 is 1. The van der Waals surface area contributed by atoms with E-state index in [-0.39, 0.29) is 6.61 Å². The highest BCUT2D eigenvalue weighted by Gasteiger charge is 2.22. The molecule has 0 radical (unpaired) electrons. The molecule has 17 heavy (non-hydrogen) atoms. The summed E-state index contributed by atoms with van der Waals surface area (Å²) in [4.78, 5) is 0. The molecule has 90 valence electrons. The molecular formula is C14H16O3. The highest BCUT2D eigenvalue weighted by molar-refractivity contribution is 5.50. The fourth-order valence-electron chi connectivity index (χ4n) is 1.49. The molecule has 1 aromatic rings. The van der Waals surface area contributed by atoms with E-state index >= 15 is 0 Å². The van der Waals surface area contributed by atoms with Crippen molar-refractivity contribution >= 4 is 0 Å². The third-order valence-electron chi connectivity index (χ3n) is 2.66. The summed E-state index contributed by atoms with van der Waals surface area (Å²) in [6, 6.07) is 5.54. The first-order valence-corrected chi connectivity index (χ1v) is 5.74. The molecule has 0 heterocycles. The van der Waals surface area contributed by atoms with E-state index in [1.54, 1.807) is 7.11 Å². The van der Waals surface area contributed by atoms with Crippen molar-refractivity contribution in [2.75, 3.05) is 20.3 Å². The molecule has 3 heteroatoms. The van der Waals surface area contributed by atoms with Crippen LogP contribution in [0.2, 0.25) is 0 Å². The maximum absolute atomic E-state index is 8.73. The molecular weight excluding hydrogens is 216 g/mol. The van der Waals surface area contributed by atoms with Gasteiger partial charge in [0.25, 0.3) is 0 Å². The molecule has 3 nitrogen and oxygen atoms in total. The minimum Gasteiger partial charge on any atom is -0.497 e. The van der Waals surface area contributed by atoms with E-state index in [2.05, 4.69) is 11.8 Å². The molecule has 1 N–H and O–H groups in total. The van der Waals surface area contributed by atoms with Crippen molar-refractivity contribution in [1.82, 2.24) is 0 Å². The van der Waals surface area contributed by atoms with Crippen LogP contribution in [0.5, 0.6) is 11.5 Å². The summed E-state index contributed by atoms with van der Waals surface area (Å²) < 4.78 is 10.9. The van der Waals surface area contributed by atoms with Gasteiger partial charge in [-0.25, -0.2) is 0 Å². The Morgan fingerprint density at radius 2 is 2.24 bits per heavy atom. The van der Waals surface area contributed by atoms with Gasteiger partial charge in [-0.05, 0) is 37.0 Å². The monoisotopic (exact) mass is 232 g/mol. The number of rotatable bonds is 4. The first-order valence-electron chi connectivity index (χ1n) is 5.74. The van der Waals surface area contributed by atoms with Gasteiger partial charge in [0.15, 0.2) is 0 Å². The van der Waals surface area contributed by atoms with Crippen LogP contribution in [0.1, 0.15) is 18.4 Å². The topological polar surface area (TPSA) is 38.7 Å². The number of hydrogen-bond donors (Lipinski definition) is 1. The zero-order chi connectivity index (χ0) is 12.1. The molecule has 1 aliphatic rings. The normalized spacial score (nSPS) is 13.8.